The standard InChI is InChI=1S/C24H32N6O2Si/c1-15-18-9-8-17(12-20(18)30(29-15)14-31-10-11-33(3,4)5)26-24-27-21-19(16-6-7-16)13-32-22(21)23(25-2)28-24/h8-9,12-13,16H,6-7,10-11,14H2,1-5H3,(H2,25,26,27,28). The van der Waals surface area contributed by atoms with Gasteiger partial charge in [0.05, 0.1) is 17.5 Å². The Labute approximate surface area is 194 Å². The van der Waals surface area contributed by atoms with Gasteiger partial charge in [0.2, 0.25) is 5.95 Å². The molecule has 174 valence electrons. The van der Waals surface area contributed by atoms with Crippen molar-refractivity contribution in [1.82, 2.24) is 19.7 Å². The quantitative estimate of drug-likeness (QED) is 0.237. The fourth-order valence-corrected chi connectivity index (χ4v) is 4.78. The highest BCUT2D eigenvalue weighted by Crippen LogP contribution is 2.44. The van der Waals surface area contributed by atoms with Gasteiger partial charge >= 0.3 is 0 Å². The zero-order valence-corrected chi connectivity index (χ0v) is 21.0. The molecular weight excluding hydrogens is 432 g/mol. The Hall–Kier alpha value is -2.91. The second-order valence-corrected chi connectivity index (χ2v) is 15.7. The van der Waals surface area contributed by atoms with E-state index >= 15 is 0 Å². The summed E-state index contributed by atoms with van der Waals surface area (Å²) in [7, 11) is 0.731. The number of anilines is 3. The number of rotatable bonds is 9. The van der Waals surface area contributed by atoms with Gasteiger partial charge in [-0.05, 0) is 49.9 Å². The van der Waals surface area contributed by atoms with Crippen molar-refractivity contribution in [2.45, 2.75) is 58.1 Å². The molecule has 5 rings (SSSR count). The lowest BCUT2D eigenvalue weighted by Crippen LogP contribution is -2.22. The van der Waals surface area contributed by atoms with Crippen LogP contribution in [0.2, 0.25) is 25.7 Å². The summed E-state index contributed by atoms with van der Waals surface area (Å²) in [6.45, 7) is 10.3. The van der Waals surface area contributed by atoms with Crippen molar-refractivity contribution in [2.24, 2.45) is 0 Å². The fourth-order valence-electron chi connectivity index (χ4n) is 4.02. The molecule has 3 heterocycles. The van der Waals surface area contributed by atoms with E-state index in [0.29, 0.717) is 30.0 Å². The summed E-state index contributed by atoms with van der Waals surface area (Å²) in [4.78, 5) is 9.42. The van der Waals surface area contributed by atoms with Crippen LogP contribution < -0.4 is 10.6 Å². The molecule has 0 aliphatic heterocycles. The molecule has 1 fully saturated rings. The average molecular weight is 465 g/mol. The summed E-state index contributed by atoms with van der Waals surface area (Å²) in [6, 6.07) is 7.35. The summed E-state index contributed by atoms with van der Waals surface area (Å²) >= 11 is 0. The first-order valence-electron chi connectivity index (χ1n) is 11.6. The van der Waals surface area contributed by atoms with E-state index in [-0.39, 0.29) is 0 Å². The Morgan fingerprint density at radius 2 is 2.03 bits per heavy atom. The average Bonchev–Trinajstić information content (AvgIpc) is 3.45. The van der Waals surface area contributed by atoms with Crippen LogP contribution in [0.25, 0.3) is 22.0 Å². The van der Waals surface area contributed by atoms with Gasteiger partial charge in [0.15, 0.2) is 11.4 Å². The van der Waals surface area contributed by atoms with E-state index in [1.165, 1.54) is 18.4 Å². The summed E-state index contributed by atoms with van der Waals surface area (Å²) < 4.78 is 13.7. The third kappa shape index (κ3) is 4.60. The summed E-state index contributed by atoms with van der Waals surface area (Å²) in [5, 5.41) is 12.3. The zero-order valence-electron chi connectivity index (χ0n) is 20.0. The number of fused-ring (bicyclic) bond motifs is 2. The minimum absolute atomic E-state index is 0.449. The molecule has 4 aromatic rings. The Bertz CT molecular complexity index is 1300. The lowest BCUT2D eigenvalue weighted by Gasteiger charge is -2.15. The highest BCUT2D eigenvalue weighted by molar-refractivity contribution is 6.76. The van der Waals surface area contributed by atoms with Crippen LogP contribution in [0.5, 0.6) is 0 Å². The number of nitrogens with one attached hydrogen (secondary N) is 2. The second-order valence-electron chi connectivity index (χ2n) is 10.1. The maximum Gasteiger partial charge on any atom is 0.230 e. The normalized spacial score (nSPS) is 14.3. The number of hydrogen-bond acceptors (Lipinski definition) is 7. The highest BCUT2D eigenvalue weighted by atomic mass is 28.3. The first-order valence-corrected chi connectivity index (χ1v) is 15.3. The molecule has 3 aromatic heterocycles. The van der Waals surface area contributed by atoms with Gasteiger partial charge in [0.25, 0.3) is 0 Å². The smallest absolute Gasteiger partial charge is 0.230 e. The minimum atomic E-state index is -1.12. The van der Waals surface area contributed by atoms with Crippen LogP contribution in [0.1, 0.15) is 30.0 Å². The molecule has 0 radical (unpaired) electrons. The van der Waals surface area contributed by atoms with E-state index < -0.39 is 8.07 Å². The predicted octanol–water partition coefficient (Wildman–Crippen LogP) is 5.86. The number of hydrogen-bond donors (Lipinski definition) is 2. The van der Waals surface area contributed by atoms with Gasteiger partial charge in [-0.25, -0.2) is 9.67 Å². The van der Waals surface area contributed by atoms with Crippen molar-refractivity contribution in [3.63, 3.8) is 0 Å². The number of benzene rings is 1. The van der Waals surface area contributed by atoms with Crippen LogP contribution in [-0.4, -0.2) is 41.5 Å². The van der Waals surface area contributed by atoms with Crippen molar-refractivity contribution in [3.8, 4) is 0 Å². The molecule has 0 atom stereocenters. The molecule has 0 bridgehead atoms. The number of ether oxygens (including phenoxy) is 1. The van der Waals surface area contributed by atoms with Crippen LogP contribution in [0.15, 0.2) is 28.9 Å². The summed E-state index contributed by atoms with van der Waals surface area (Å²) in [5.41, 5.74) is 5.70. The third-order valence-corrected chi connectivity index (χ3v) is 7.80. The van der Waals surface area contributed by atoms with Crippen molar-refractivity contribution in [3.05, 3.63) is 35.7 Å². The largest absolute Gasteiger partial charge is 0.458 e. The maximum atomic E-state index is 5.96. The van der Waals surface area contributed by atoms with Crippen LogP contribution in [-0.2, 0) is 11.5 Å². The van der Waals surface area contributed by atoms with Crippen LogP contribution >= 0.6 is 0 Å². The van der Waals surface area contributed by atoms with Gasteiger partial charge in [-0.2, -0.15) is 10.1 Å². The molecular formula is C24H32N6O2Si. The lowest BCUT2D eigenvalue weighted by molar-refractivity contribution is 0.0815. The minimum Gasteiger partial charge on any atom is -0.458 e. The Kier molecular flexibility index (Phi) is 5.61. The van der Waals surface area contributed by atoms with Gasteiger partial charge in [-0.1, -0.05) is 19.6 Å². The molecule has 33 heavy (non-hydrogen) atoms. The molecule has 1 saturated carbocycles. The highest BCUT2D eigenvalue weighted by Gasteiger charge is 2.29. The SMILES string of the molecule is CNc1nc(Nc2ccc3c(C)nn(COCC[Si](C)(C)C)c3c2)nc2c(C3CC3)coc12. The first-order chi connectivity index (χ1) is 15.8. The van der Waals surface area contributed by atoms with Crippen molar-refractivity contribution in [2.75, 3.05) is 24.3 Å². The number of aryl methyl sites for hydroxylation is 1. The van der Waals surface area contributed by atoms with E-state index in [2.05, 4.69) is 47.4 Å². The van der Waals surface area contributed by atoms with Gasteiger partial charge in [-0.15, -0.1) is 0 Å². The number of aromatic nitrogens is 4. The van der Waals surface area contributed by atoms with E-state index in [9.17, 15) is 0 Å². The van der Waals surface area contributed by atoms with E-state index in [1.807, 2.05) is 31.0 Å². The molecule has 2 N–H and O–H groups in total. The summed E-state index contributed by atoms with van der Waals surface area (Å²) in [6.07, 6.45) is 4.21. The Morgan fingerprint density at radius 3 is 2.76 bits per heavy atom. The van der Waals surface area contributed by atoms with Gasteiger partial charge in [0, 0.05) is 38.4 Å². The van der Waals surface area contributed by atoms with Crippen LogP contribution in [0.4, 0.5) is 17.5 Å². The van der Waals surface area contributed by atoms with Crippen molar-refractivity contribution >= 4 is 47.5 Å². The van der Waals surface area contributed by atoms with Gasteiger partial charge in [0.1, 0.15) is 12.2 Å². The fraction of sp³-hybridized carbons (Fsp3) is 0.458. The number of nitrogens with zero attached hydrogens (tertiary/aromatic N) is 4. The number of furan rings is 1. The molecule has 0 amide bonds. The molecule has 1 aliphatic carbocycles. The topological polar surface area (TPSA) is 90.0 Å². The maximum absolute atomic E-state index is 5.96. The predicted molar refractivity (Wildman–Crippen MR) is 135 cm³/mol. The van der Waals surface area contributed by atoms with E-state index in [0.717, 1.165) is 40.5 Å². The lowest BCUT2D eigenvalue weighted by atomic mass is 10.2. The monoisotopic (exact) mass is 464 g/mol. The molecule has 0 unspecified atom stereocenters. The zero-order chi connectivity index (χ0) is 23.2. The molecule has 1 aromatic carbocycles. The van der Waals surface area contributed by atoms with E-state index in [4.69, 9.17) is 19.2 Å². The molecule has 9 heteroatoms. The molecule has 0 saturated heterocycles. The first kappa shape index (κ1) is 21.9. The molecule has 0 spiro atoms. The molecule has 1 aliphatic rings. The Morgan fingerprint density at radius 1 is 1.21 bits per heavy atom. The summed E-state index contributed by atoms with van der Waals surface area (Å²) in [5.74, 6) is 1.78. The van der Waals surface area contributed by atoms with E-state index in [1.54, 1.807) is 0 Å². The van der Waals surface area contributed by atoms with Crippen molar-refractivity contribution in [1.29, 1.82) is 0 Å². The molecule has 8 nitrogen and oxygen atoms in total. The van der Waals surface area contributed by atoms with Gasteiger partial charge < -0.3 is 19.8 Å². The van der Waals surface area contributed by atoms with Crippen LogP contribution in [0.3, 0.4) is 0 Å². The Balaban J connectivity index is 1.41. The van der Waals surface area contributed by atoms with Crippen molar-refractivity contribution < 1.29 is 9.15 Å². The second kappa shape index (κ2) is 8.46. The van der Waals surface area contributed by atoms with Crippen LogP contribution in [0, 0.1) is 6.92 Å². The van der Waals surface area contributed by atoms with Gasteiger partial charge in [-0.3, -0.25) is 0 Å². The third-order valence-electron chi connectivity index (χ3n) is 6.10.